The van der Waals surface area contributed by atoms with Gasteiger partial charge in [0.05, 0.1) is 18.4 Å². The molecule has 5 aliphatic rings. The lowest BCUT2D eigenvalue weighted by molar-refractivity contribution is -0.486. The first-order valence-corrected chi connectivity index (χ1v) is 9.48. The summed E-state index contributed by atoms with van der Waals surface area (Å²) in [4.78, 5) is 33.8. The fourth-order valence-electron chi connectivity index (χ4n) is 5.06. The number of hydrogen-bond donors (Lipinski definition) is 0. The molecule has 3 aliphatic heterocycles. The van der Waals surface area contributed by atoms with Crippen LogP contribution in [0.25, 0.3) is 0 Å². The number of hydrogen-bond acceptors (Lipinski definition) is 5. The van der Waals surface area contributed by atoms with Gasteiger partial charge in [-0.2, -0.15) is 0 Å². The third kappa shape index (κ3) is 2.43. The third-order valence-corrected chi connectivity index (χ3v) is 6.16. The predicted molar refractivity (Wildman–Crippen MR) is 103 cm³/mol. The van der Waals surface area contributed by atoms with Gasteiger partial charge in [0, 0.05) is 46.4 Å². The van der Waals surface area contributed by atoms with Gasteiger partial charge in [0.25, 0.3) is 12.2 Å². The third-order valence-electron chi connectivity index (χ3n) is 6.16. The molecule has 0 aromatic rings. The summed E-state index contributed by atoms with van der Waals surface area (Å²) in [7, 11) is 4.13. The zero-order chi connectivity index (χ0) is 18.7. The van der Waals surface area contributed by atoms with Crippen LogP contribution in [0.15, 0.2) is 63.5 Å². The van der Waals surface area contributed by atoms with E-state index in [9.17, 15) is 9.70 Å². The quantitative estimate of drug-likeness (QED) is 0.720. The van der Waals surface area contributed by atoms with Crippen molar-refractivity contribution in [3.63, 3.8) is 0 Å². The lowest BCUT2D eigenvalue weighted by atomic mass is 9.74. The molecule has 0 aromatic carbocycles. The predicted octanol–water partition coefficient (Wildman–Crippen LogP) is 1.97. The van der Waals surface area contributed by atoms with E-state index in [4.69, 9.17) is 0 Å². The fourth-order valence-corrected chi connectivity index (χ4v) is 5.06. The summed E-state index contributed by atoms with van der Waals surface area (Å²) in [6.07, 6.45) is 13.5. The van der Waals surface area contributed by atoms with Crippen molar-refractivity contribution >= 4 is 12.1 Å². The Labute approximate surface area is 158 Å². The summed E-state index contributed by atoms with van der Waals surface area (Å²) in [6, 6.07) is 0.292. The van der Waals surface area contributed by atoms with Crippen LogP contribution in [0.1, 0.15) is 12.8 Å². The minimum absolute atomic E-state index is 0.00824. The number of fused-ring (bicyclic) bond motifs is 4. The molecule has 5 rings (SSSR count). The number of rotatable bonds is 3. The van der Waals surface area contributed by atoms with Crippen LogP contribution in [-0.2, 0) is 4.79 Å². The molecular weight excluding hydrogens is 340 g/mol. The lowest BCUT2D eigenvalue weighted by Gasteiger charge is -2.35. The van der Waals surface area contributed by atoms with Gasteiger partial charge in [0.1, 0.15) is 0 Å². The molecule has 27 heavy (non-hydrogen) atoms. The van der Waals surface area contributed by atoms with Gasteiger partial charge in [0.15, 0.2) is 0 Å². The van der Waals surface area contributed by atoms with Crippen LogP contribution >= 0.6 is 0 Å². The smallest absolute Gasteiger partial charge is 0.256 e. The van der Waals surface area contributed by atoms with E-state index in [-0.39, 0.29) is 30.3 Å². The molecule has 0 spiro atoms. The molecule has 3 heterocycles. The van der Waals surface area contributed by atoms with E-state index in [0.29, 0.717) is 12.1 Å². The van der Waals surface area contributed by atoms with Gasteiger partial charge in [-0.1, -0.05) is 18.2 Å². The van der Waals surface area contributed by atoms with Crippen molar-refractivity contribution in [1.82, 2.24) is 9.80 Å². The van der Waals surface area contributed by atoms with Crippen molar-refractivity contribution in [3.8, 4) is 0 Å². The van der Waals surface area contributed by atoms with E-state index in [2.05, 4.69) is 53.2 Å². The molecule has 0 radical (unpaired) electrons. The second kappa shape index (κ2) is 5.96. The summed E-state index contributed by atoms with van der Waals surface area (Å²) in [5.41, 5.74) is 5.42. The lowest BCUT2D eigenvalue weighted by Crippen LogP contribution is -2.43. The highest BCUT2D eigenvalue weighted by Gasteiger charge is 2.54. The molecule has 0 bridgehead atoms. The molecule has 6 nitrogen and oxygen atoms in total. The van der Waals surface area contributed by atoms with Gasteiger partial charge in [0.2, 0.25) is 5.78 Å². The molecule has 0 aromatic heterocycles. The van der Waals surface area contributed by atoms with Crippen molar-refractivity contribution in [2.24, 2.45) is 10.9 Å². The standard InChI is InChI=1S/C21H23N4O2/c1-23(2)7-6-13-8-18-17(9-15(26)11-25(18)27)19-16-5-3-4-14-10-22-12-24(20(14)16)21(13)19/h3-5,8,10,12,19-21H,6-7,9,11H2,1-2H3/q+1. The molecule has 1 saturated heterocycles. The van der Waals surface area contributed by atoms with E-state index in [1.54, 1.807) is 0 Å². The van der Waals surface area contributed by atoms with Gasteiger partial charge in [-0.05, 0) is 37.2 Å². The maximum atomic E-state index is 12.6. The molecule has 2 aliphatic carbocycles. The van der Waals surface area contributed by atoms with Crippen LogP contribution in [0.4, 0.5) is 0 Å². The molecule has 0 amide bonds. The van der Waals surface area contributed by atoms with Crippen molar-refractivity contribution in [2.75, 3.05) is 27.2 Å². The minimum atomic E-state index is -0.0353. The minimum Gasteiger partial charge on any atom is -0.344 e. The number of Topliss-reactive ketones (excluding diaryl/α,β-unsaturated/α-hetero) is 1. The van der Waals surface area contributed by atoms with Crippen LogP contribution in [-0.4, -0.2) is 66.0 Å². The monoisotopic (exact) mass is 363 g/mol. The molecule has 3 unspecified atom stereocenters. The van der Waals surface area contributed by atoms with Gasteiger partial charge in [-0.25, -0.2) is 4.99 Å². The second-order valence-electron chi connectivity index (χ2n) is 8.13. The van der Waals surface area contributed by atoms with Crippen molar-refractivity contribution in [2.45, 2.75) is 24.9 Å². The molecule has 138 valence electrons. The number of aliphatic imine (C=N–C) groups is 1. The van der Waals surface area contributed by atoms with Crippen LogP contribution in [0.2, 0.25) is 0 Å². The Morgan fingerprint density at radius 2 is 2.22 bits per heavy atom. The van der Waals surface area contributed by atoms with Gasteiger partial charge >= 0.3 is 0 Å². The van der Waals surface area contributed by atoms with E-state index in [1.807, 2.05) is 12.5 Å². The number of carbonyl (C=O) groups excluding carboxylic acids is 1. The Balaban J connectivity index is 1.66. The Morgan fingerprint density at radius 3 is 3.04 bits per heavy atom. The molecule has 1 fully saturated rings. The number of ketones is 1. The molecule has 6 heteroatoms. The average Bonchev–Trinajstić information content (AvgIpc) is 2.98. The average molecular weight is 363 g/mol. The number of carbonyl (C=O) groups is 1. The molecule has 3 atom stereocenters. The topological polar surface area (TPSA) is 56.0 Å². The summed E-state index contributed by atoms with van der Waals surface area (Å²) < 4.78 is 0.897. The van der Waals surface area contributed by atoms with E-state index in [1.165, 1.54) is 16.7 Å². The number of nitroso groups, excluding NO2 is 1. The van der Waals surface area contributed by atoms with Crippen molar-refractivity contribution in [3.05, 3.63) is 63.4 Å². The highest BCUT2D eigenvalue weighted by Crippen LogP contribution is 2.51. The zero-order valence-electron chi connectivity index (χ0n) is 15.6. The van der Waals surface area contributed by atoms with Crippen LogP contribution in [0.3, 0.4) is 0 Å². The maximum Gasteiger partial charge on any atom is 0.256 e. The van der Waals surface area contributed by atoms with E-state index in [0.717, 1.165) is 23.3 Å². The molecule has 0 saturated carbocycles. The summed E-state index contributed by atoms with van der Waals surface area (Å²) in [5, 5.41) is 0. The van der Waals surface area contributed by atoms with E-state index >= 15 is 0 Å². The highest BCUT2D eigenvalue weighted by molar-refractivity contribution is 5.84. The molecular formula is C21H23N4O2+. The SMILES string of the molecule is CN(C)CCC1=CC2=C(CC(=O)C[N+]2=O)C2C3=CC=CC4=CN=CN(C43)C12. The van der Waals surface area contributed by atoms with Gasteiger partial charge in [-0.3, -0.25) is 4.79 Å². The Kier molecular flexibility index (Phi) is 3.65. The first-order chi connectivity index (χ1) is 13.0. The van der Waals surface area contributed by atoms with Crippen LogP contribution in [0, 0.1) is 10.8 Å². The van der Waals surface area contributed by atoms with Crippen molar-refractivity contribution < 1.29 is 9.55 Å². The maximum absolute atomic E-state index is 12.6. The normalized spacial score (nSPS) is 30.9. The first kappa shape index (κ1) is 16.6. The van der Waals surface area contributed by atoms with Crippen LogP contribution < -0.4 is 0 Å². The largest absolute Gasteiger partial charge is 0.344 e. The summed E-state index contributed by atoms with van der Waals surface area (Å²) >= 11 is 0. The summed E-state index contributed by atoms with van der Waals surface area (Å²) in [5.74, 6) is 0.0830. The van der Waals surface area contributed by atoms with Crippen molar-refractivity contribution in [1.29, 1.82) is 0 Å². The first-order valence-electron chi connectivity index (χ1n) is 9.48. The van der Waals surface area contributed by atoms with Crippen LogP contribution in [0.5, 0.6) is 0 Å². The van der Waals surface area contributed by atoms with Gasteiger partial charge < -0.3 is 9.80 Å². The van der Waals surface area contributed by atoms with Gasteiger partial charge in [-0.15, -0.1) is 0 Å². The fraction of sp³-hybridized carbons (Fsp3) is 0.429. The Bertz CT molecular complexity index is 932. The number of nitrogens with zero attached hydrogens (tertiary/aromatic N) is 4. The highest BCUT2D eigenvalue weighted by atomic mass is 16.3. The summed E-state index contributed by atoms with van der Waals surface area (Å²) in [6.45, 7) is 0.886. The van der Waals surface area contributed by atoms with E-state index < -0.39 is 0 Å². The molecule has 0 N–H and O–H groups in total. The zero-order valence-corrected chi connectivity index (χ0v) is 15.6. The Morgan fingerprint density at radius 1 is 1.37 bits per heavy atom. The number of allylic oxidation sites excluding steroid dienone is 3. The second-order valence-corrected chi connectivity index (χ2v) is 8.13. The Hall–Kier alpha value is -2.60.